The van der Waals surface area contributed by atoms with Crippen LogP contribution in [-0.4, -0.2) is 85.5 Å². The van der Waals surface area contributed by atoms with Gasteiger partial charge in [-0.05, 0) is 32.7 Å². The smallest absolute Gasteiger partial charge is 0.333 e. The molecule has 0 unspecified atom stereocenters. The number of ketones is 1. The molecule has 1 saturated heterocycles. The third-order valence-electron chi connectivity index (χ3n) is 3.90. The van der Waals surface area contributed by atoms with E-state index in [9.17, 15) is 19.2 Å². The van der Waals surface area contributed by atoms with E-state index in [1.807, 2.05) is 6.92 Å². The average molecular weight is 465 g/mol. The van der Waals surface area contributed by atoms with Crippen LogP contribution in [0.4, 0.5) is 0 Å². The highest BCUT2D eigenvalue weighted by atomic mass is 16.7. The summed E-state index contributed by atoms with van der Waals surface area (Å²) < 4.78 is 10.3. The largest absolute Gasteiger partial charge is 0.396 e. The van der Waals surface area contributed by atoms with Crippen LogP contribution in [0.5, 0.6) is 0 Å². The molecule has 2 amide bonds. The zero-order valence-electron chi connectivity index (χ0n) is 19.4. The summed E-state index contributed by atoms with van der Waals surface area (Å²) in [5, 5.41) is 17.4. The van der Waals surface area contributed by atoms with Gasteiger partial charge in [-0.1, -0.05) is 6.92 Å². The summed E-state index contributed by atoms with van der Waals surface area (Å²) in [6, 6.07) is 0. The van der Waals surface area contributed by atoms with Gasteiger partial charge in [-0.15, -0.1) is 5.06 Å². The molecule has 188 valence electrons. The SMILES string of the molecule is CCC(=O)CCCOCCCO.CN.O=C(CCCOCCCO)ON1C(=O)CCC1=O. The molecule has 1 heterocycles. The molecule has 4 N–H and O–H groups in total. The molecule has 0 saturated carbocycles. The second kappa shape index (κ2) is 23.7. The van der Waals surface area contributed by atoms with E-state index >= 15 is 0 Å². The van der Waals surface area contributed by atoms with Gasteiger partial charge < -0.3 is 30.3 Å². The minimum absolute atomic E-state index is 0.0707. The van der Waals surface area contributed by atoms with E-state index in [0.717, 1.165) is 6.42 Å². The van der Waals surface area contributed by atoms with Crippen LogP contribution < -0.4 is 5.73 Å². The fourth-order valence-corrected chi connectivity index (χ4v) is 2.21. The highest BCUT2D eigenvalue weighted by molar-refractivity contribution is 6.01. The molecule has 0 aromatic carbocycles. The summed E-state index contributed by atoms with van der Waals surface area (Å²) in [4.78, 5) is 49.1. The number of Topliss-reactive ketones (excluding diaryl/α,β-unsaturated/α-hetero) is 1. The van der Waals surface area contributed by atoms with Crippen molar-refractivity contribution in [3.8, 4) is 0 Å². The number of nitrogens with two attached hydrogens (primary N) is 1. The van der Waals surface area contributed by atoms with Gasteiger partial charge in [0.25, 0.3) is 11.8 Å². The third-order valence-corrected chi connectivity index (χ3v) is 3.90. The highest BCUT2D eigenvalue weighted by Gasteiger charge is 2.32. The molecule has 1 aliphatic rings. The average Bonchev–Trinajstić information content (AvgIpc) is 3.12. The first-order chi connectivity index (χ1) is 15.5. The number of aliphatic hydroxyl groups excluding tert-OH is 2. The van der Waals surface area contributed by atoms with Gasteiger partial charge in [-0.3, -0.25) is 14.4 Å². The van der Waals surface area contributed by atoms with Crippen molar-refractivity contribution in [1.29, 1.82) is 0 Å². The van der Waals surface area contributed by atoms with E-state index in [1.54, 1.807) is 0 Å². The Morgan fingerprint density at radius 3 is 1.72 bits per heavy atom. The number of carbonyl (C=O) groups excluding carboxylic acids is 4. The fraction of sp³-hybridized carbons (Fsp3) is 0.810. The van der Waals surface area contributed by atoms with Gasteiger partial charge in [0.05, 0.1) is 6.42 Å². The van der Waals surface area contributed by atoms with Crippen molar-refractivity contribution in [3.05, 3.63) is 0 Å². The minimum Gasteiger partial charge on any atom is -0.396 e. The molecule has 0 bridgehead atoms. The van der Waals surface area contributed by atoms with Gasteiger partial charge in [0.2, 0.25) is 0 Å². The Balaban J connectivity index is 0. The normalized spacial score (nSPS) is 12.6. The lowest BCUT2D eigenvalue weighted by molar-refractivity contribution is -0.197. The number of carbonyl (C=O) groups is 4. The summed E-state index contributed by atoms with van der Waals surface area (Å²) in [6.07, 6.45) is 4.00. The highest BCUT2D eigenvalue weighted by Crippen LogP contribution is 2.12. The van der Waals surface area contributed by atoms with E-state index in [-0.39, 0.29) is 32.5 Å². The Labute approximate surface area is 190 Å². The Morgan fingerprint density at radius 1 is 0.844 bits per heavy atom. The lowest BCUT2D eigenvalue weighted by Crippen LogP contribution is -2.32. The van der Waals surface area contributed by atoms with E-state index in [4.69, 9.17) is 19.7 Å². The number of imide groups is 1. The van der Waals surface area contributed by atoms with Crippen molar-refractivity contribution < 1.29 is 43.7 Å². The number of hydrogen-bond acceptors (Lipinski definition) is 10. The summed E-state index contributed by atoms with van der Waals surface area (Å²) >= 11 is 0. The molecule has 11 heteroatoms. The maximum absolute atomic E-state index is 11.3. The van der Waals surface area contributed by atoms with Gasteiger partial charge in [0, 0.05) is 65.3 Å². The fourth-order valence-electron chi connectivity index (χ4n) is 2.21. The quantitative estimate of drug-likeness (QED) is 0.216. The first-order valence-electron chi connectivity index (χ1n) is 11.0. The number of amides is 2. The molecular weight excluding hydrogens is 424 g/mol. The Morgan fingerprint density at radius 2 is 1.28 bits per heavy atom. The molecule has 0 radical (unpaired) electrons. The molecule has 0 aliphatic carbocycles. The first-order valence-corrected chi connectivity index (χ1v) is 11.0. The van der Waals surface area contributed by atoms with Gasteiger partial charge in [-0.25, -0.2) is 4.79 Å². The maximum atomic E-state index is 11.3. The molecule has 0 aromatic heterocycles. The van der Waals surface area contributed by atoms with Crippen molar-refractivity contribution in [2.45, 2.75) is 64.7 Å². The van der Waals surface area contributed by atoms with E-state index in [2.05, 4.69) is 10.6 Å². The lowest BCUT2D eigenvalue weighted by atomic mass is 10.2. The topological polar surface area (TPSA) is 166 Å². The monoisotopic (exact) mass is 464 g/mol. The van der Waals surface area contributed by atoms with Crippen molar-refractivity contribution in [1.82, 2.24) is 5.06 Å². The number of rotatable bonds is 16. The summed E-state index contributed by atoms with van der Waals surface area (Å²) in [7, 11) is 1.50. The number of nitrogens with zero attached hydrogens (tertiary/aromatic N) is 1. The number of hydroxylamine groups is 2. The minimum atomic E-state index is -0.621. The van der Waals surface area contributed by atoms with E-state index < -0.39 is 17.8 Å². The molecule has 1 rings (SSSR count). The second-order valence-corrected chi connectivity index (χ2v) is 6.52. The molecule has 11 nitrogen and oxygen atoms in total. The Kier molecular flexibility index (Phi) is 23.9. The molecule has 0 spiro atoms. The van der Waals surface area contributed by atoms with Gasteiger partial charge in [0.15, 0.2) is 0 Å². The maximum Gasteiger partial charge on any atom is 0.333 e. The number of aliphatic hydroxyl groups is 2. The van der Waals surface area contributed by atoms with Crippen LogP contribution in [-0.2, 0) is 33.5 Å². The van der Waals surface area contributed by atoms with Crippen molar-refractivity contribution in [2.75, 3.05) is 46.7 Å². The summed E-state index contributed by atoms with van der Waals surface area (Å²) in [5.74, 6) is -1.29. The van der Waals surface area contributed by atoms with Crippen molar-refractivity contribution in [2.24, 2.45) is 5.73 Å². The second-order valence-electron chi connectivity index (χ2n) is 6.52. The Hall–Kier alpha value is -1.92. The van der Waals surface area contributed by atoms with Crippen molar-refractivity contribution in [3.63, 3.8) is 0 Å². The molecule has 1 fully saturated rings. The zero-order valence-corrected chi connectivity index (χ0v) is 19.4. The number of ether oxygens (including phenoxy) is 2. The lowest BCUT2D eigenvalue weighted by Gasteiger charge is -2.12. The van der Waals surface area contributed by atoms with Crippen LogP contribution >= 0.6 is 0 Å². The number of hydrogen-bond donors (Lipinski definition) is 3. The summed E-state index contributed by atoms with van der Waals surface area (Å²) in [5.41, 5.74) is 4.50. The van der Waals surface area contributed by atoms with Crippen LogP contribution in [0, 0.1) is 0 Å². The van der Waals surface area contributed by atoms with E-state index in [1.165, 1.54) is 7.05 Å². The molecule has 0 atom stereocenters. The van der Waals surface area contributed by atoms with Gasteiger partial charge in [-0.2, -0.15) is 0 Å². The van der Waals surface area contributed by atoms with Crippen LogP contribution in [0.15, 0.2) is 0 Å². The predicted molar refractivity (Wildman–Crippen MR) is 116 cm³/mol. The third kappa shape index (κ3) is 18.8. The van der Waals surface area contributed by atoms with Crippen molar-refractivity contribution >= 4 is 23.6 Å². The van der Waals surface area contributed by atoms with Gasteiger partial charge >= 0.3 is 5.97 Å². The summed E-state index contributed by atoms with van der Waals surface area (Å²) in [6.45, 7) is 4.15. The van der Waals surface area contributed by atoms with E-state index in [0.29, 0.717) is 69.4 Å². The van der Waals surface area contributed by atoms with Crippen LogP contribution in [0.1, 0.15) is 64.7 Å². The van der Waals surface area contributed by atoms with Crippen LogP contribution in [0.25, 0.3) is 0 Å². The molecule has 1 aliphatic heterocycles. The van der Waals surface area contributed by atoms with Crippen LogP contribution in [0.3, 0.4) is 0 Å². The molecule has 0 aromatic rings. The standard InChI is InChI=1S/C11H17NO6.C9H18O3.CH5N/c13-6-2-8-17-7-1-3-11(16)18-12-9(14)4-5-10(12)15;1-2-9(11)5-3-7-12-8-4-6-10;1-2/h13H,1-8H2;10H,2-8H2,1H3;2H2,1H3. The first kappa shape index (κ1) is 32.3. The van der Waals surface area contributed by atoms with Gasteiger partial charge in [0.1, 0.15) is 5.78 Å². The molecular formula is C21H40N2O9. The molecule has 32 heavy (non-hydrogen) atoms. The predicted octanol–water partition coefficient (Wildman–Crippen LogP) is 0.492. The van der Waals surface area contributed by atoms with Crippen LogP contribution in [0.2, 0.25) is 0 Å². The Bertz CT molecular complexity index is 499. The zero-order chi connectivity index (χ0) is 24.6.